The average Bonchev–Trinajstić information content (AvgIpc) is 3.26. The molecule has 6 heterocycles. The van der Waals surface area contributed by atoms with Gasteiger partial charge in [-0.1, -0.05) is 0 Å². The van der Waals surface area contributed by atoms with Gasteiger partial charge in [0.1, 0.15) is 17.3 Å². The SMILES string of the molecule is CC(c1nc2c(cnn2C2CCOCC2)c(=O)[nH]1)N1CC(Oc2ncc3cccnc3n2)C1. The summed E-state index contributed by atoms with van der Waals surface area (Å²) in [5.74, 6) is 0.630. The molecule has 1 atom stereocenters. The van der Waals surface area contributed by atoms with Gasteiger partial charge in [0.05, 0.1) is 18.3 Å². The van der Waals surface area contributed by atoms with Crippen molar-refractivity contribution < 1.29 is 9.47 Å². The van der Waals surface area contributed by atoms with E-state index in [4.69, 9.17) is 14.5 Å². The second-order valence-corrected chi connectivity index (χ2v) is 8.56. The van der Waals surface area contributed by atoms with E-state index in [0.717, 1.165) is 18.2 Å². The number of rotatable bonds is 5. The fourth-order valence-corrected chi connectivity index (χ4v) is 4.43. The number of hydrogen-bond acceptors (Lipinski definition) is 9. The Labute approximate surface area is 188 Å². The summed E-state index contributed by atoms with van der Waals surface area (Å²) in [5.41, 5.74) is 1.09. The molecule has 2 fully saturated rings. The predicted octanol–water partition coefficient (Wildman–Crippen LogP) is 1.63. The Kier molecular flexibility index (Phi) is 4.99. The number of fused-ring (bicyclic) bond motifs is 2. The number of likely N-dealkylation sites (tertiary alicyclic amines) is 1. The summed E-state index contributed by atoms with van der Waals surface area (Å²) in [4.78, 5) is 35.6. The summed E-state index contributed by atoms with van der Waals surface area (Å²) in [5, 5.41) is 5.86. The zero-order chi connectivity index (χ0) is 22.4. The van der Waals surface area contributed by atoms with Crippen LogP contribution in [0.3, 0.4) is 0 Å². The van der Waals surface area contributed by atoms with E-state index in [1.54, 1.807) is 18.6 Å². The maximum absolute atomic E-state index is 12.7. The second-order valence-electron chi connectivity index (χ2n) is 8.56. The van der Waals surface area contributed by atoms with E-state index in [1.807, 2.05) is 23.7 Å². The minimum Gasteiger partial charge on any atom is -0.457 e. The third kappa shape index (κ3) is 3.72. The van der Waals surface area contributed by atoms with Gasteiger partial charge in [-0.3, -0.25) is 9.69 Å². The van der Waals surface area contributed by atoms with Crippen LogP contribution in [0.5, 0.6) is 6.01 Å². The molecule has 0 aromatic carbocycles. The van der Waals surface area contributed by atoms with Crippen molar-refractivity contribution in [1.29, 1.82) is 0 Å². The van der Waals surface area contributed by atoms with Gasteiger partial charge in [0, 0.05) is 44.1 Å². The monoisotopic (exact) mass is 448 g/mol. The Bertz CT molecular complexity index is 1360. The summed E-state index contributed by atoms with van der Waals surface area (Å²) in [6.07, 6.45) is 6.73. The lowest BCUT2D eigenvalue weighted by Crippen LogP contribution is -2.54. The van der Waals surface area contributed by atoms with Gasteiger partial charge < -0.3 is 14.5 Å². The number of nitrogens with zero attached hydrogens (tertiary/aromatic N) is 7. The quantitative estimate of drug-likeness (QED) is 0.485. The van der Waals surface area contributed by atoms with E-state index in [0.29, 0.717) is 54.8 Å². The van der Waals surface area contributed by atoms with Crippen LogP contribution in [0.4, 0.5) is 0 Å². The highest BCUT2D eigenvalue weighted by molar-refractivity contribution is 5.73. The molecule has 170 valence electrons. The van der Waals surface area contributed by atoms with Crippen molar-refractivity contribution in [2.45, 2.75) is 38.0 Å². The fraction of sp³-hybridized carbons (Fsp3) is 0.455. The number of pyridine rings is 1. The molecule has 4 aromatic heterocycles. The number of H-pyrrole nitrogens is 1. The smallest absolute Gasteiger partial charge is 0.318 e. The molecule has 11 nitrogen and oxygen atoms in total. The molecule has 1 unspecified atom stereocenters. The van der Waals surface area contributed by atoms with Crippen LogP contribution >= 0.6 is 0 Å². The van der Waals surface area contributed by atoms with Crippen LogP contribution in [0.1, 0.15) is 37.7 Å². The summed E-state index contributed by atoms with van der Waals surface area (Å²) >= 11 is 0. The molecule has 2 aliphatic heterocycles. The van der Waals surface area contributed by atoms with Crippen LogP contribution in [-0.2, 0) is 4.74 Å². The van der Waals surface area contributed by atoms with Crippen LogP contribution in [0.2, 0.25) is 0 Å². The Morgan fingerprint density at radius 2 is 2.03 bits per heavy atom. The van der Waals surface area contributed by atoms with Gasteiger partial charge in [-0.2, -0.15) is 10.1 Å². The first-order chi connectivity index (χ1) is 16.2. The molecule has 0 amide bonds. The highest BCUT2D eigenvalue weighted by Crippen LogP contribution is 2.27. The first-order valence-corrected chi connectivity index (χ1v) is 11.2. The summed E-state index contributed by atoms with van der Waals surface area (Å²) in [6, 6.07) is 4.22. The normalized spacial score (nSPS) is 19.1. The first-order valence-electron chi connectivity index (χ1n) is 11.2. The molecule has 11 heteroatoms. The van der Waals surface area contributed by atoms with Gasteiger partial charge >= 0.3 is 6.01 Å². The minimum absolute atomic E-state index is 0.0307. The van der Waals surface area contributed by atoms with Crippen molar-refractivity contribution in [2.75, 3.05) is 26.3 Å². The molecule has 1 N–H and O–H groups in total. The maximum Gasteiger partial charge on any atom is 0.318 e. The summed E-state index contributed by atoms with van der Waals surface area (Å²) in [7, 11) is 0. The molecule has 0 spiro atoms. The van der Waals surface area contributed by atoms with E-state index in [2.05, 4.69) is 29.9 Å². The summed E-state index contributed by atoms with van der Waals surface area (Å²) in [6.45, 7) is 4.80. The van der Waals surface area contributed by atoms with Crippen molar-refractivity contribution in [3.05, 3.63) is 46.9 Å². The Morgan fingerprint density at radius 1 is 1.18 bits per heavy atom. The van der Waals surface area contributed by atoms with Gasteiger partial charge in [0.15, 0.2) is 11.3 Å². The van der Waals surface area contributed by atoms with Crippen LogP contribution < -0.4 is 10.3 Å². The highest BCUT2D eigenvalue weighted by Gasteiger charge is 2.34. The fourth-order valence-electron chi connectivity index (χ4n) is 4.43. The zero-order valence-electron chi connectivity index (χ0n) is 18.2. The average molecular weight is 448 g/mol. The lowest BCUT2D eigenvalue weighted by Gasteiger charge is -2.41. The van der Waals surface area contributed by atoms with Crippen molar-refractivity contribution in [3.63, 3.8) is 0 Å². The Balaban J connectivity index is 1.17. The van der Waals surface area contributed by atoms with Crippen molar-refractivity contribution in [2.24, 2.45) is 0 Å². The molecular weight excluding hydrogens is 424 g/mol. The molecule has 6 rings (SSSR count). The first kappa shape index (κ1) is 20.2. The van der Waals surface area contributed by atoms with Gasteiger partial charge in [-0.15, -0.1) is 0 Å². The minimum atomic E-state index is -0.162. The molecule has 0 saturated carbocycles. The topological polar surface area (TPSA) is 124 Å². The molecule has 0 bridgehead atoms. The Hall–Kier alpha value is -3.44. The number of nitrogens with one attached hydrogen (secondary N) is 1. The second kappa shape index (κ2) is 8.16. The van der Waals surface area contributed by atoms with E-state index in [9.17, 15) is 4.79 Å². The third-order valence-corrected chi connectivity index (χ3v) is 6.44. The largest absolute Gasteiger partial charge is 0.457 e. The van der Waals surface area contributed by atoms with E-state index in [1.165, 1.54) is 0 Å². The van der Waals surface area contributed by atoms with Crippen LogP contribution in [0.15, 0.2) is 35.5 Å². The number of ether oxygens (including phenoxy) is 2. The van der Waals surface area contributed by atoms with Crippen LogP contribution in [-0.4, -0.2) is 72.0 Å². The van der Waals surface area contributed by atoms with Gasteiger partial charge in [0.25, 0.3) is 5.56 Å². The molecule has 4 aromatic rings. The van der Waals surface area contributed by atoms with Crippen LogP contribution in [0, 0.1) is 0 Å². The van der Waals surface area contributed by atoms with E-state index < -0.39 is 0 Å². The highest BCUT2D eigenvalue weighted by atomic mass is 16.5. The molecule has 2 aliphatic rings. The number of hydrogen-bond donors (Lipinski definition) is 1. The molecule has 0 aliphatic carbocycles. The Morgan fingerprint density at radius 3 is 2.88 bits per heavy atom. The van der Waals surface area contributed by atoms with Crippen LogP contribution in [0.25, 0.3) is 22.1 Å². The molecule has 2 saturated heterocycles. The predicted molar refractivity (Wildman–Crippen MR) is 119 cm³/mol. The zero-order valence-corrected chi connectivity index (χ0v) is 18.2. The molecule has 0 radical (unpaired) electrons. The van der Waals surface area contributed by atoms with Crippen molar-refractivity contribution in [3.8, 4) is 6.01 Å². The van der Waals surface area contributed by atoms with Gasteiger partial charge in [0.2, 0.25) is 0 Å². The third-order valence-electron chi connectivity index (χ3n) is 6.44. The van der Waals surface area contributed by atoms with E-state index >= 15 is 0 Å². The molecule has 33 heavy (non-hydrogen) atoms. The number of aromatic amines is 1. The lowest BCUT2D eigenvalue weighted by atomic mass is 10.1. The molecular formula is C22H24N8O3. The maximum atomic E-state index is 12.7. The standard InChI is InChI=1S/C22H24N8O3/c1-13(29-11-16(12-29)33-22-24-9-14-3-2-6-23-19(14)28-22)18-26-20-17(21(31)27-18)10-25-30(20)15-4-7-32-8-5-15/h2-3,6,9-10,13,15-16H,4-5,7-8,11-12H2,1H3,(H,26,27,31). The van der Waals surface area contributed by atoms with Gasteiger partial charge in [-0.25, -0.2) is 19.6 Å². The number of aromatic nitrogens is 7. The van der Waals surface area contributed by atoms with E-state index in [-0.39, 0.29) is 23.7 Å². The van der Waals surface area contributed by atoms with Crippen molar-refractivity contribution in [1.82, 2.24) is 39.6 Å². The van der Waals surface area contributed by atoms with Crippen molar-refractivity contribution >= 4 is 22.1 Å². The lowest BCUT2D eigenvalue weighted by molar-refractivity contribution is -0.0120. The van der Waals surface area contributed by atoms with Gasteiger partial charge in [-0.05, 0) is 31.9 Å². The summed E-state index contributed by atoms with van der Waals surface area (Å²) < 4.78 is 13.3.